The highest BCUT2D eigenvalue weighted by Gasteiger charge is 2.29. The van der Waals surface area contributed by atoms with Crippen molar-refractivity contribution in [3.63, 3.8) is 0 Å². The molecule has 0 spiro atoms. The van der Waals surface area contributed by atoms with Crippen LogP contribution in [0.5, 0.6) is 0 Å². The molecule has 17 heavy (non-hydrogen) atoms. The number of hydrogen-bond acceptors (Lipinski definition) is 3. The third kappa shape index (κ3) is 2.76. The summed E-state index contributed by atoms with van der Waals surface area (Å²) in [6, 6.07) is 1.98. The molecule has 0 radical (unpaired) electrons. The molecule has 0 aliphatic carbocycles. The van der Waals surface area contributed by atoms with Gasteiger partial charge in [0, 0.05) is 18.6 Å². The molecule has 0 aromatic carbocycles. The highest BCUT2D eigenvalue weighted by atomic mass is 35.5. The number of thiophene rings is 1. The van der Waals surface area contributed by atoms with E-state index in [1.807, 2.05) is 11.8 Å². The summed E-state index contributed by atoms with van der Waals surface area (Å²) in [4.78, 5) is 14.1. The molecule has 2 N–H and O–H groups in total. The zero-order valence-corrected chi connectivity index (χ0v) is 11.8. The lowest BCUT2D eigenvalue weighted by Gasteiger charge is -2.36. The Morgan fingerprint density at radius 1 is 1.59 bits per heavy atom. The summed E-state index contributed by atoms with van der Waals surface area (Å²) in [5.74, 6) is -0.0439. The molecule has 2 rings (SSSR count). The van der Waals surface area contributed by atoms with Crippen LogP contribution in [0.15, 0.2) is 6.07 Å². The minimum Gasteiger partial charge on any atom is -0.336 e. The minimum absolute atomic E-state index is 0.0439. The lowest BCUT2D eigenvalue weighted by Crippen LogP contribution is -2.48. The van der Waals surface area contributed by atoms with Crippen molar-refractivity contribution >= 4 is 40.4 Å². The number of carbonyl (C=O) groups is 1. The van der Waals surface area contributed by atoms with Crippen molar-refractivity contribution in [2.75, 3.05) is 6.54 Å². The molecule has 94 valence electrons. The summed E-state index contributed by atoms with van der Waals surface area (Å²) in [6.45, 7) is 2.70. The van der Waals surface area contributed by atoms with Gasteiger partial charge in [-0.1, -0.05) is 23.2 Å². The zero-order chi connectivity index (χ0) is 12.6. The Hall–Kier alpha value is -0.290. The minimum atomic E-state index is -0.0439. The lowest BCUT2D eigenvalue weighted by atomic mass is 9.98. The molecule has 2 heterocycles. The quantitative estimate of drug-likeness (QED) is 0.865. The number of piperidine rings is 1. The number of carbonyl (C=O) groups excluding carboxylic acids is 1. The Morgan fingerprint density at radius 3 is 2.82 bits per heavy atom. The maximum atomic E-state index is 12.3. The van der Waals surface area contributed by atoms with Gasteiger partial charge in [-0.25, -0.2) is 0 Å². The average Bonchev–Trinajstić information content (AvgIpc) is 2.57. The number of amides is 1. The third-order valence-electron chi connectivity index (χ3n) is 3.06. The number of nitrogens with zero attached hydrogens (tertiary/aromatic N) is 1. The van der Waals surface area contributed by atoms with E-state index in [1.165, 1.54) is 11.3 Å². The fourth-order valence-electron chi connectivity index (χ4n) is 2.15. The first-order valence-corrected chi connectivity index (χ1v) is 7.07. The van der Waals surface area contributed by atoms with Gasteiger partial charge in [0.05, 0.1) is 9.90 Å². The second kappa shape index (κ2) is 5.14. The molecule has 2 atom stereocenters. The van der Waals surface area contributed by atoms with Crippen LogP contribution in [0.2, 0.25) is 8.67 Å². The number of halogens is 2. The van der Waals surface area contributed by atoms with Gasteiger partial charge in [0.25, 0.3) is 5.91 Å². The molecule has 1 saturated heterocycles. The molecule has 3 nitrogen and oxygen atoms in total. The van der Waals surface area contributed by atoms with Crippen molar-refractivity contribution in [3.8, 4) is 0 Å². The molecule has 0 bridgehead atoms. The summed E-state index contributed by atoms with van der Waals surface area (Å²) in [6.07, 6.45) is 1.67. The molecule has 0 saturated carbocycles. The Labute approximate surface area is 114 Å². The third-order valence-corrected chi connectivity index (χ3v) is 4.55. The Balaban J connectivity index is 2.17. The van der Waals surface area contributed by atoms with Crippen LogP contribution in [0.4, 0.5) is 0 Å². The predicted octanol–water partition coefficient (Wildman–Crippen LogP) is 3.01. The van der Waals surface area contributed by atoms with Crippen molar-refractivity contribution in [1.29, 1.82) is 0 Å². The van der Waals surface area contributed by atoms with Crippen LogP contribution in [0.1, 0.15) is 30.1 Å². The fraction of sp³-hybridized carbons (Fsp3) is 0.545. The highest BCUT2D eigenvalue weighted by Crippen LogP contribution is 2.33. The van der Waals surface area contributed by atoms with Crippen molar-refractivity contribution in [2.24, 2.45) is 5.73 Å². The van der Waals surface area contributed by atoms with Crippen LogP contribution in [-0.4, -0.2) is 29.4 Å². The van der Waals surface area contributed by atoms with Gasteiger partial charge in [-0.2, -0.15) is 0 Å². The first-order valence-electron chi connectivity index (χ1n) is 5.50. The predicted molar refractivity (Wildman–Crippen MR) is 72.0 cm³/mol. The molecular weight excluding hydrogens is 279 g/mol. The summed E-state index contributed by atoms with van der Waals surface area (Å²) in [7, 11) is 0. The van der Waals surface area contributed by atoms with Crippen LogP contribution < -0.4 is 5.73 Å². The molecule has 0 unspecified atom stereocenters. The summed E-state index contributed by atoms with van der Waals surface area (Å²) in [5, 5.41) is 0. The van der Waals surface area contributed by atoms with Gasteiger partial charge in [0.2, 0.25) is 0 Å². The molecule has 1 aromatic heterocycles. The Morgan fingerprint density at radius 2 is 2.29 bits per heavy atom. The van der Waals surface area contributed by atoms with Gasteiger partial charge in [0.1, 0.15) is 4.34 Å². The van der Waals surface area contributed by atoms with Crippen LogP contribution in [0.25, 0.3) is 0 Å². The second-order valence-corrected chi connectivity index (χ2v) is 6.66. The van der Waals surface area contributed by atoms with Gasteiger partial charge in [-0.05, 0) is 25.8 Å². The van der Waals surface area contributed by atoms with E-state index in [2.05, 4.69) is 0 Å². The average molecular weight is 293 g/mol. The van der Waals surface area contributed by atoms with E-state index in [0.717, 1.165) is 12.8 Å². The number of hydrogen-bond donors (Lipinski definition) is 1. The normalized spacial score (nSPS) is 25.1. The fourth-order valence-corrected chi connectivity index (χ4v) is 3.60. The summed E-state index contributed by atoms with van der Waals surface area (Å²) in [5.41, 5.74) is 6.38. The monoisotopic (exact) mass is 292 g/mol. The van der Waals surface area contributed by atoms with Crippen LogP contribution in [0, 0.1) is 0 Å². The molecule has 1 aromatic rings. The van der Waals surface area contributed by atoms with Gasteiger partial charge < -0.3 is 10.6 Å². The van der Waals surface area contributed by atoms with Crippen molar-refractivity contribution in [3.05, 3.63) is 20.3 Å². The van der Waals surface area contributed by atoms with E-state index < -0.39 is 0 Å². The van der Waals surface area contributed by atoms with E-state index in [4.69, 9.17) is 28.9 Å². The summed E-state index contributed by atoms with van der Waals surface area (Å²) < 4.78 is 1.00. The number of rotatable bonds is 1. The SMILES string of the molecule is C[C@@H]1C[C@H](N)CCN1C(=O)c1cc(Cl)sc1Cl. The smallest absolute Gasteiger partial charge is 0.256 e. The van der Waals surface area contributed by atoms with Crippen molar-refractivity contribution < 1.29 is 4.79 Å². The van der Waals surface area contributed by atoms with E-state index in [9.17, 15) is 4.79 Å². The number of likely N-dealkylation sites (tertiary alicyclic amines) is 1. The maximum Gasteiger partial charge on any atom is 0.256 e. The van der Waals surface area contributed by atoms with E-state index in [-0.39, 0.29) is 18.0 Å². The standard InChI is InChI=1S/C11H14Cl2N2OS/c1-6-4-7(14)2-3-15(6)11(16)8-5-9(12)17-10(8)13/h5-7H,2-4,14H2,1H3/t6-,7-/m1/s1. The molecule has 1 aliphatic rings. The van der Waals surface area contributed by atoms with Gasteiger partial charge in [-0.15, -0.1) is 11.3 Å². The van der Waals surface area contributed by atoms with Crippen molar-refractivity contribution in [1.82, 2.24) is 4.90 Å². The molecule has 1 fully saturated rings. The largest absolute Gasteiger partial charge is 0.336 e. The van der Waals surface area contributed by atoms with Crippen LogP contribution in [-0.2, 0) is 0 Å². The first-order chi connectivity index (χ1) is 7.99. The first kappa shape index (κ1) is 13.1. The molecule has 6 heteroatoms. The van der Waals surface area contributed by atoms with Gasteiger partial charge in [-0.3, -0.25) is 4.79 Å². The zero-order valence-electron chi connectivity index (χ0n) is 9.45. The van der Waals surface area contributed by atoms with Crippen molar-refractivity contribution in [2.45, 2.75) is 31.8 Å². The van der Waals surface area contributed by atoms with Crippen LogP contribution in [0.3, 0.4) is 0 Å². The van der Waals surface area contributed by atoms with E-state index >= 15 is 0 Å². The van der Waals surface area contributed by atoms with Gasteiger partial charge in [0.15, 0.2) is 0 Å². The van der Waals surface area contributed by atoms with E-state index in [0.29, 0.717) is 20.8 Å². The Bertz CT molecular complexity index is 435. The maximum absolute atomic E-state index is 12.3. The highest BCUT2D eigenvalue weighted by molar-refractivity contribution is 7.20. The van der Waals surface area contributed by atoms with Crippen LogP contribution >= 0.6 is 34.5 Å². The van der Waals surface area contributed by atoms with E-state index in [1.54, 1.807) is 6.07 Å². The number of nitrogens with two attached hydrogens (primary N) is 1. The molecule has 1 aliphatic heterocycles. The summed E-state index contributed by atoms with van der Waals surface area (Å²) >= 11 is 13.1. The van der Waals surface area contributed by atoms with Gasteiger partial charge >= 0.3 is 0 Å². The second-order valence-electron chi connectivity index (χ2n) is 4.37. The topological polar surface area (TPSA) is 46.3 Å². The molecule has 1 amide bonds. The molecular formula is C11H14Cl2N2OS. The Kier molecular flexibility index (Phi) is 3.98. The lowest BCUT2D eigenvalue weighted by molar-refractivity contribution is 0.0620.